The van der Waals surface area contributed by atoms with E-state index in [9.17, 15) is 29.4 Å². The monoisotopic (exact) mass is 965 g/mol. The molecule has 10 nitrogen and oxygen atoms in total. The molecule has 0 bridgehead atoms. The molecular weight excluding hydrogens is 881 g/mol. The smallest absolute Gasteiger partial charge is 0.316 e. The Morgan fingerprint density at radius 3 is 0.800 bits per heavy atom. The maximum Gasteiger partial charge on any atom is 0.316 e. The lowest BCUT2D eigenvalue weighted by Crippen LogP contribution is -2.34. The first-order valence-corrected chi connectivity index (χ1v) is 25.5. The predicted octanol–water partition coefficient (Wildman–Crippen LogP) is 13.0. The number of carbonyl (C=O) groups is 4. The minimum absolute atomic E-state index is 0.169. The van der Waals surface area contributed by atoms with E-state index in [0.29, 0.717) is 65.3 Å². The minimum Gasteiger partial charge on any atom is -0.481 e. The molecule has 10 heteroatoms. The van der Waals surface area contributed by atoms with E-state index in [0.717, 1.165) is 84.7 Å². The van der Waals surface area contributed by atoms with E-state index in [1.54, 1.807) is 13.8 Å². The molecule has 4 rings (SSSR count). The molecule has 4 aromatic carbocycles. The fourth-order valence-electron chi connectivity index (χ4n) is 8.68. The topological polar surface area (TPSA) is 146 Å². The summed E-state index contributed by atoms with van der Waals surface area (Å²) in [7, 11) is 0. The molecule has 2 N–H and O–H groups in total. The number of carbonyl (C=O) groups excluding carboxylic acids is 2. The van der Waals surface area contributed by atoms with E-state index < -0.39 is 33.6 Å². The quantitative estimate of drug-likeness (QED) is 0.0382. The highest BCUT2D eigenvalue weighted by Gasteiger charge is 2.38. The van der Waals surface area contributed by atoms with Gasteiger partial charge in [-0.2, -0.15) is 0 Å². The third-order valence-corrected chi connectivity index (χ3v) is 14.0. The van der Waals surface area contributed by atoms with Gasteiger partial charge in [0.1, 0.15) is 0 Å². The van der Waals surface area contributed by atoms with E-state index in [1.807, 2.05) is 152 Å². The maximum atomic E-state index is 12.8. The van der Waals surface area contributed by atoms with Gasteiger partial charge in [-0.3, -0.25) is 19.2 Å². The molecule has 70 heavy (non-hydrogen) atoms. The Morgan fingerprint density at radius 1 is 0.371 bits per heavy atom. The second kappa shape index (κ2) is 29.1. The van der Waals surface area contributed by atoms with Gasteiger partial charge >= 0.3 is 23.9 Å². The van der Waals surface area contributed by atoms with E-state index in [4.69, 9.17) is 18.9 Å². The molecule has 0 aliphatic rings. The molecule has 0 saturated heterocycles. The Balaban J connectivity index is 0.000000373. The van der Waals surface area contributed by atoms with E-state index in [2.05, 4.69) is 0 Å². The normalized spacial score (nSPS) is 14.7. The molecule has 4 aromatic rings. The van der Waals surface area contributed by atoms with Crippen LogP contribution in [-0.2, 0) is 59.8 Å². The Morgan fingerprint density at radius 2 is 0.586 bits per heavy atom. The van der Waals surface area contributed by atoms with E-state index in [1.165, 1.54) is 11.1 Å². The summed E-state index contributed by atoms with van der Waals surface area (Å²) in [4.78, 5) is 49.4. The lowest BCUT2D eigenvalue weighted by Gasteiger charge is -2.28. The lowest BCUT2D eigenvalue weighted by molar-refractivity contribution is -0.150. The first kappa shape index (κ1) is 59.0. The SMILES string of the molecule is CCOC(=O)C(C)(CCCCOCCCCC(C)(C(=O)OCC)c1ccc(C)cc1)c1ccc(C)cc1.Cc1ccc(C(C)(CCCCOCCCCC(C)(C(=O)O)c2ccc(C)cc2)C(=O)O)cc1. The van der Waals surface area contributed by atoms with Crippen molar-refractivity contribution in [1.82, 2.24) is 0 Å². The third kappa shape index (κ3) is 17.5. The van der Waals surface area contributed by atoms with Gasteiger partial charge < -0.3 is 29.2 Å². The van der Waals surface area contributed by atoms with Crippen molar-refractivity contribution in [2.45, 2.75) is 168 Å². The van der Waals surface area contributed by atoms with Crippen LogP contribution in [-0.4, -0.2) is 73.7 Å². The summed E-state index contributed by atoms with van der Waals surface area (Å²) >= 11 is 0. The first-order valence-electron chi connectivity index (χ1n) is 25.5. The highest BCUT2D eigenvalue weighted by Crippen LogP contribution is 2.35. The van der Waals surface area contributed by atoms with Gasteiger partial charge in [0.05, 0.1) is 34.9 Å². The van der Waals surface area contributed by atoms with Gasteiger partial charge in [0.2, 0.25) is 0 Å². The second-order valence-corrected chi connectivity index (χ2v) is 19.9. The number of aliphatic carboxylic acids is 2. The van der Waals surface area contributed by atoms with E-state index >= 15 is 0 Å². The van der Waals surface area contributed by atoms with Crippen molar-refractivity contribution in [1.29, 1.82) is 0 Å². The van der Waals surface area contributed by atoms with Gasteiger partial charge in [0.15, 0.2) is 0 Å². The Labute approximate surface area is 419 Å². The number of rotatable bonds is 30. The van der Waals surface area contributed by atoms with Gasteiger partial charge in [0, 0.05) is 26.4 Å². The van der Waals surface area contributed by atoms with Crippen molar-refractivity contribution < 1.29 is 48.3 Å². The summed E-state index contributed by atoms with van der Waals surface area (Å²) in [5.74, 6) is -1.94. The zero-order chi connectivity index (χ0) is 51.8. The highest BCUT2D eigenvalue weighted by molar-refractivity contribution is 5.84. The van der Waals surface area contributed by atoms with Crippen LogP contribution < -0.4 is 0 Å². The van der Waals surface area contributed by atoms with Crippen LogP contribution in [0.1, 0.15) is 163 Å². The Hall–Kier alpha value is -5.32. The molecule has 0 saturated carbocycles. The zero-order valence-electron chi connectivity index (χ0n) is 44.1. The van der Waals surface area contributed by atoms with Crippen LogP contribution in [0.15, 0.2) is 97.1 Å². The summed E-state index contributed by atoms with van der Waals surface area (Å²) in [5, 5.41) is 19.6. The van der Waals surface area contributed by atoms with Crippen LogP contribution in [0.2, 0.25) is 0 Å². The predicted molar refractivity (Wildman–Crippen MR) is 280 cm³/mol. The maximum absolute atomic E-state index is 12.8. The molecular formula is C60H84O10. The molecule has 0 spiro atoms. The van der Waals surface area contributed by atoms with E-state index in [-0.39, 0.29) is 11.9 Å². The van der Waals surface area contributed by atoms with Gasteiger partial charge in [-0.15, -0.1) is 0 Å². The third-order valence-electron chi connectivity index (χ3n) is 14.0. The molecule has 4 atom stereocenters. The number of benzene rings is 4. The molecule has 0 aromatic heterocycles. The van der Waals surface area contributed by atoms with Crippen LogP contribution in [0.25, 0.3) is 0 Å². The summed E-state index contributed by atoms with van der Waals surface area (Å²) in [6.45, 7) is 22.5. The van der Waals surface area contributed by atoms with Crippen LogP contribution >= 0.6 is 0 Å². The summed E-state index contributed by atoms with van der Waals surface area (Å²) in [5.41, 5.74) is 5.11. The zero-order valence-corrected chi connectivity index (χ0v) is 44.1. The molecule has 0 aliphatic heterocycles. The summed E-state index contributed by atoms with van der Waals surface area (Å²) < 4.78 is 22.4. The second-order valence-electron chi connectivity index (χ2n) is 19.9. The van der Waals surface area contributed by atoms with Gasteiger partial charge in [-0.1, -0.05) is 119 Å². The van der Waals surface area contributed by atoms with Gasteiger partial charge in [-0.05, 0) is 169 Å². The number of esters is 2. The summed E-state index contributed by atoms with van der Waals surface area (Å²) in [6, 6.07) is 31.7. The molecule has 0 fully saturated rings. The number of ether oxygens (including phenoxy) is 4. The number of hydrogen-bond acceptors (Lipinski definition) is 8. The highest BCUT2D eigenvalue weighted by atomic mass is 16.5. The van der Waals surface area contributed by atoms with Gasteiger partial charge in [-0.25, -0.2) is 0 Å². The Kier molecular flexibility index (Phi) is 24.5. The number of unbranched alkanes of at least 4 members (excludes halogenated alkanes) is 4. The number of carboxylic acid groups (broad SMARTS) is 2. The summed E-state index contributed by atoms with van der Waals surface area (Å²) in [6.07, 6.45) is 9.17. The average Bonchev–Trinajstić information content (AvgIpc) is 3.33. The molecule has 0 amide bonds. The first-order chi connectivity index (χ1) is 33.3. The van der Waals surface area contributed by atoms with Crippen molar-refractivity contribution in [3.8, 4) is 0 Å². The van der Waals surface area contributed by atoms with Crippen LogP contribution in [0.4, 0.5) is 0 Å². The Bertz CT molecular complexity index is 2030. The number of hydrogen-bond donors (Lipinski definition) is 2. The fourth-order valence-corrected chi connectivity index (χ4v) is 8.68. The molecule has 0 heterocycles. The molecule has 0 aliphatic carbocycles. The number of aryl methyl sites for hydroxylation is 4. The fraction of sp³-hybridized carbons (Fsp3) is 0.533. The molecule has 4 unspecified atom stereocenters. The minimum atomic E-state index is -0.898. The van der Waals surface area contributed by atoms with Crippen molar-refractivity contribution >= 4 is 23.9 Å². The molecule has 0 radical (unpaired) electrons. The van der Waals surface area contributed by atoms with Crippen molar-refractivity contribution in [3.63, 3.8) is 0 Å². The average molecular weight is 965 g/mol. The lowest BCUT2D eigenvalue weighted by atomic mass is 9.78. The molecule has 384 valence electrons. The largest absolute Gasteiger partial charge is 0.481 e. The van der Waals surface area contributed by atoms with Crippen molar-refractivity contribution in [2.75, 3.05) is 39.6 Å². The van der Waals surface area contributed by atoms with Crippen molar-refractivity contribution in [2.24, 2.45) is 0 Å². The number of carboxylic acids is 2. The van der Waals surface area contributed by atoms with Crippen LogP contribution in [0.5, 0.6) is 0 Å². The van der Waals surface area contributed by atoms with Crippen LogP contribution in [0.3, 0.4) is 0 Å². The van der Waals surface area contributed by atoms with Crippen molar-refractivity contribution in [3.05, 3.63) is 142 Å². The van der Waals surface area contributed by atoms with Crippen LogP contribution in [0, 0.1) is 27.7 Å². The standard InChI is InChI=1S/C32H46O5.C28H38O5/c1-7-36-29(33)31(5,27-17-13-25(3)14-18-27)21-9-11-23-35-24-12-10-22-32(6,30(34)37-8-2)28-19-15-26(4)16-20-28;1-21-9-13-23(14-10-21)27(3,25(29)30)17-5-7-19-33-20-8-6-18-28(4,26(31)32)24-15-11-22(2)12-16-24/h13-20H,7-12,21-24H2,1-6H3;9-16H,5-8,17-20H2,1-4H3,(H,29,30)(H,31,32). The van der Waals surface area contributed by atoms with Gasteiger partial charge in [0.25, 0.3) is 0 Å².